The third-order valence-corrected chi connectivity index (χ3v) is 5.78. The van der Waals surface area contributed by atoms with Gasteiger partial charge in [-0.1, -0.05) is 30.3 Å². The molecule has 6 atom stereocenters. The van der Waals surface area contributed by atoms with Gasteiger partial charge in [0.05, 0.1) is 0 Å². The first kappa shape index (κ1) is 11.9. The summed E-state index contributed by atoms with van der Waals surface area (Å²) in [6, 6.07) is 11.3. The average Bonchev–Trinajstić information content (AvgIpc) is 2.86. The van der Waals surface area contributed by atoms with E-state index in [9.17, 15) is 0 Å². The Morgan fingerprint density at radius 1 is 1.16 bits per heavy atom. The lowest BCUT2D eigenvalue weighted by molar-refractivity contribution is 0.141. The van der Waals surface area contributed by atoms with E-state index in [4.69, 9.17) is 0 Å². The van der Waals surface area contributed by atoms with Gasteiger partial charge in [0.25, 0.3) is 0 Å². The molecule has 3 saturated heterocycles. The number of benzene rings is 1. The summed E-state index contributed by atoms with van der Waals surface area (Å²) in [4.78, 5) is 2.70. The molecule has 2 heteroatoms. The molecule has 1 aromatic rings. The van der Waals surface area contributed by atoms with Crippen LogP contribution in [0.1, 0.15) is 24.9 Å². The Labute approximate surface area is 116 Å². The molecule has 0 amide bonds. The number of hydrogen-bond donors (Lipinski definition) is 1. The van der Waals surface area contributed by atoms with Gasteiger partial charge in [-0.3, -0.25) is 0 Å². The highest BCUT2D eigenvalue weighted by Gasteiger charge is 2.52. The quantitative estimate of drug-likeness (QED) is 0.890. The highest BCUT2D eigenvalue weighted by molar-refractivity contribution is 5.18. The number of hydrogen-bond acceptors (Lipinski definition) is 2. The van der Waals surface area contributed by atoms with Gasteiger partial charge >= 0.3 is 0 Å². The minimum absolute atomic E-state index is 0.484. The van der Waals surface area contributed by atoms with Crippen molar-refractivity contribution < 1.29 is 0 Å². The summed E-state index contributed by atoms with van der Waals surface area (Å²) in [7, 11) is 0. The predicted octanol–water partition coefficient (Wildman–Crippen LogP) is 2.53. The van der Waals surface area contributed by atoms with E-state index in [1.54, 1.807) is 0 Å². The highest BCUT2D eigenvalue weighted by Crippen LogP contribution is 2.50. The summed E-state index contributed by atoms with van der Waals surface area (Å²) in [5.41, 5.74) is 1.42. The van der Waals surface area contributed by atoms with E-state index in [2.05, 4.69) is 47.5 Å². The van der Waals surface area contributed by atoms with E-state index in [1.165, 1.54) is 38.2 Å². The zero-order valence-corrected chi connectivity index (χ0v) is 11.8. The second-order valence-corrected chi connectivity index (χ2v) is 6.84. The van der Waals surface area contributed by atoms with E-state index in [1.807, 2.05) is 0 Å². The Morgan fingerprint density at radius 2 is 1.95 bits per heavy atom. The van der Waals surface area contributed by atoms with Crippen molar-refractivity contribution in [3.05, 3.63) is 35.9 Å². The van der Waals surface area contributed by atoms with Crippen LogP contribution in [-0.4, -0.2) is 31.1 Å². The van der Waals surface area contributed by atoms with Gasteiger partial charge in [-0.25, -0.2) is 0 Å². The van der Waals surface area contributed by atoms with Crippen LogP contribution in [0.25, 0.3) is 0 Å². The van der Waals surface area contributed by atoms with Crippen LogP contribution in [0.15, 0.2) is 30.3 Å². The van der Waals surface area contributed by atoms with Crippen LogP contribution in [0.2, 0.25) is 0 Å². The van der Waals surface area contributed by atoms with E-state index in [-0.39, 0.29) is 0 Å². The highest BCUT2D eigenvalue weighted by atomic mass is 15.2. The summed E-state index contributed by atoms with van der Waals surface area (Å²) in [6.45, 7) is 7.66. The molecule has 4 fully saturated rings. The predicted molar refractivity (Wildman–Crippen MR) is 77.9 cm³/mol. The maximum Gasteiger partial charge on any atom is 0.0291 e. The fourth-order valence-corrected chi connectivity index (χ4v) is 4.82. The number of nitrogens with one attached hydrogen (secondary N) is 1. The summed E-state index contributed by atoms with van der Waals surface area (Å²) in [5, 5.41) is 3.79. The van der Waals surface area contributed by atoms with Crippen LogP contribution in [0.4, 0.5) is 0 Å². The molecular weight excluding hydrogens is 232 g/mol. The maximum atomic E-state index is 3.79. The van der Waals surface area contributed by atoms with E-state index < -0.39 is 0 Å². The Morgan fingerprint density at radius 3 is 2.74 bits per heavy atom. The first-order valence-corrected chi connectivity index (χ1v) is 7.82. The zero-order chi connectivity index (χ0) is 12.8. The Balaban J connectivity index is 1.38. The van der Waals surface area contributed by atoms with E-state index >= 15 is 0 Å². The number of nitrogens with zero attached hydrogens (tertiary/aromatic N) is 1. The van der Waals surface area contributed by atoms with Gasteiger partial charge in [0.1, 0.15) is 0 Å². The maximum absolute atomic E-state index is 3.79. The molecule has 1 aliphatic carbocycles. The molecule has 1 N–H and O–H groups in total. The van der Waals surface area contributed by atoms with Crippen molar-refractivity contribution in [2.24, 2.45) is 23.7 Å². The van der Waals surface area contributed by atoms with Crippen molar-refractivity contribution in [2.45, 2.75) is 19.4 Å². The zero-order valence-electron chi connectivity index (χ0n) is 11.8. The minimum Gasteiger partial charge on any atom is -0.310 e. The summed E-state index contributed by atoms with van der Waals surface area (Å²) >= 11 is 0. The molecule has 5 rings (SSSR count). The summed E-state index contributed by atoms with van der Waals surface area (Å²) in [5.74, 6) is 3.94. The van der Waals surface area contributed by atoms with Crippen LogP contribution in [-0.2, 0) is 0 Å². The molecule has 0 aromatic heterocycles. The molecule has 4 aliphatic rings. The first-order valence-electron chi connectivity index (χ1n) is 7.82. The van der Waals surface area contributed by atoms with Crippen molar-refractivity contribution in [3.63, 3.8) is 0 Å². The van der Waals surface area contributed by atoms with Gasteiger partial charge in [-0.05, 0) is 49.1 Å². The molecule has 3 unspecified atom stereocenters. The van der Waals surface area contributed by atoms with E-state index in [0.29, 0.717) is 6.04 Å². The van der Waals surface area contributed by atoms with Crippen LogP contribution in [0.5, 0.6) is 0 Å². The van der Waals surface area contributed by atoms with E-state index in [0.717, 1.165) is 23.7 Å². The second kappa shape index (κ2) is 4.60. The average molecular weight is 256 g/mol. The topological polar surface area (TPSA) is 15.3 Å². The van der Waals surface area contributed by atoms with Crippen molar-refractivity contribution in [1.29, 1.82) is 0 Å². The van der Waals surface area contributed by atoms with Gasteiger partial charge in [-0.2, -0.15) is 0 Å². The summed E-state index contributed by atoms with van der Waals surface area (Å²) < 4.78 is 0. The monoisotopic (exact) mass is 256 g/mol. The Kier molecular flexibility index (Phi) is 2.89. The standard InChI is InChI=1S/C17H24N2/c1-12(13-5-3-2-4-6-13)18-8-16-14-7-15-10-19(9-14)11-17(15)16/h2-6,12,14-18H,7-11H2,1H3/t12?,14-,15+,16?,17-/m1/s1. The first-order chi connectivity index (χ1) is 9.31. The van der Waals surface area contributed by atoms with Gasteiger partial charge in [-0.15, -0.1) is 0 Å². The lowest BCUT2D eigenvalue weighted by Crippen LogP contribution is -2.42. The van der Waals surface area contributed by atoms with Crippen molar-refractivity contribution in [3.8, 4) is 0 Å². The fourth-order valence-electron chi connectivity index (χ4n) is 4.82. The lowest BCUT2D eigenvalue weighted by atomic mass is 9.86. The molecule has 0 spiro atoms. The molecule has 102 valence electrons. The smallest absolute Gasteiger partial charge is 0.0291 e. The van der Waals surface area contributed by atoms with Crippen LogP contribution < -0.4 is 5.32 Å². The van der Waals surface area contributed by atoms with Crippen molar-refractivity contribution in [2.75, 3.05) is 26.2 Å². The van der Waals surface area contributed by atoms with Crippen molar-refractivity contribution in [1.82, 2.24) is 10.2 Å². The molecule has 1 saturated carbocycles. The molecule has 2 nitrogen and oxygen atoms in total. The second-order valence-electron chi connectivity index (χ2n) is 6.84. The van der Waals surface area contributed by atoms with Crippen molar-refractivity contribution >= 4 is 0 Å². The third-order valence-electron chi connectivity index (χ3n) is 5.78. The SMILES string of the molecule is CC(NCC1[C@@H]2C[C@H]3CN(C2)C[C@@H]13)c1ccccc1. The number of rotatable bonds is 4. The lowest BCUT2D eigenvalue weighted by Gasteiger charge is -2.35. The minimum atomic E-state index is 0.484. The van der Waals surface area contributed by atoms with Gasteiger partial charge in [0, 0.05) is 25.7 Å². The molecule has 3 aliphatic heterocycles. The van der Waals surface area contributed by atoms with Crippen LogP contribution in [0, 0.1) is 23.7 Å². The van der Waals surface area contributed by atoms with Gasteiger partial charge in [0.15, 0.2) is 0 Å². The Bertz CT molecular complexity index is 440. The van der Waals surface area contributed by atoms with Crippen LogP contribution in [0.3, 0.4) is 0 Å². The normalized spacial score (nSPS) is 40.8. The summed E-state index contributed by atoms with van der Waals surface area (Å²) in [6.07, 6.45) is 1.51. The fraction of sp³-hybridized carbons (Fsp3) is 0.647. The molecular formula is C17H24N2. The largest absolute Gasteiger partial charge is 0.310 e. The third kappa shape index (κ3) is 2.02. The molecule has 1 aromatic carbocycles. The molecule has 19 heavy (non-hydrogen) atoms. The van der Waals surface area contributed by atoms with Gasteiger partial charge < -0.3 is 10.2 Å². The number of piperidine rings is 2. The Hall–Kier alpha value is -0.860. The van der Waals surface area contributed by atoms with Gasteiger partial charge in [0.2, 0.25) is 0 Å². The molecule has 4 bridgehead atoms. The molecule has 3 heterocycles. The van der Waals surface area contributed by atoms with Crippen LogP contribution >= 0.6 is 0 Å². The molecule has 0 radical (unpaired) electrons.